The van der Waals surface area contributed by atoms with Gasteiger partial charge in [0.2, 0.25) is 0 Å². The molecule has 2 aromatic carbocycles. The Kier molecular flexibility index (Phi) is 4.54. The largest absolute Gasteiger partial charge is 0.455 e. The molecule has 0 spiro atoms. The molecule has 21 heavy (non-hydrogen) atoms. The minimum Gasteiger partial charge on any atom is -0.455 e. The number of hydrogen-bond acceptors (Lipinski definition) is 4. The first-order valence-electron chi connectivity index (χ1n) is 6.40. The molecule has 2 rings (SSSR count). The predicted octanol–water partition coefficient (Wildman–Crippen LogP) is 2.17. The fourth-order valence-corrected chi connectivity index (χ4v) is 1.95. The van der Waals surface area contributed by atoms with Crippen LogP contribution in [0, 0.1) is 11.3 Å². The standard InChI is InChI=1S/C16H15N3O2/c1-19-10-11-6-7-14(12(8-11)9-17)21-15-5-3-2-4-13(15)16(18)20/h2-8,19H,10H2,1H3,(H2,18,20). The number of carbonyl (C=O) groups excluding carboxylic acids is 1. The van der Waals surface area contributed by atoms with Crippen molar-refractivity contribution < 1.29 is 9.53 Å². The van der Waals surface area contributed by atoms with E-state index in [0.29, 0.717) is 23.6 Å². The van der Waals surface area contributed by atoms with E-state index in [4.69, 9.17) is 10.5 Å². The molecule has 5 heteroatoms. The molecule has 2 aromatic rings. The van der Waals surface area contributed by atoms with Gasteiger partial charge in [-0.2, -0.15) is 5.26 Å². The molecule has 0 bridgehead atoms. The van der Waals surface area contributed by atoms with Crippen LogP contribution in [-0.2, 0) is 6.54 Å². The first-order valence-corrected chi connectivity index (χ1v) is 6.40. The highest BCUT2D eigenvalue weighted by Crippen LogP contribution is 2.28. The molecule has 0 aliphatic heterocycles. The minimum atomic E-state index is -0.573. The second-order valence-corrected chi connectivity index (χ2v) is 4.44. The van der Waals surface area contributed by atoms with E-state index in [1.807, 2.05) is 13.1 Å². The number of benzene rings is 2. The van der Waals surface area contributed by atoms with Gasteiger partial charge in [0.15, 0.2) is 0 Å². The Balaban J connectivity index is 2.36. The molecule has 5 nitrogen and oxygen atoms in total. The van der Waals surface area contributed by atoms with Gasteiger partial charge < -0.3 is 15.8 Å². The number of ether oxygens (including phenoxy) is 1. The Morgan fingerprint density at radius 3 is 2.71 bits per heavy atom. The molecule has 0 aromatic heterocycles. The Labute approximate surface area is 123 Å². The molecular weight excluding hydrogens is 266 g/mol. The SMILES string of the molecule is CNCc1ccc(Oc2ccccc2C(N)=O)c(C#N)c1. The van der Waals surface area contributed by atoms with Crippen LogP contribution in [0.2, 0.25) is 0 Å². The summed E-state index contributed by atoms with van der Waals surface area (Å²) in [6, 6.07) is 14.1. The molecule has 0 fully saturated rings. The van der Waals surface area contributed by atoms with E-state index in [0.717, 1.165) is 5.56 Å². The molecule has 0 atom stereocenters. The van der Waals surface area contributed by atoms with E-state index < -0.39 is 5.91 Å². The zero-order chi connectivity index (χ0) is 15.2. The Hall–Kier alpha value is -2.84. The summed E-state index contributed by atoms with van der Waals surface area (Å²) in [5, 5.41) is 12.2. The molecule has 0 saturated carbocycles. The molecule has 0 aliphatic carbocycles. The number of primary amides is 1. The second kappa shape index (κ2) is 6.55. The number of rotatable bonds is 5. The van der Waals surface area contributed by atoms with Gasteiger partial charge >= 0.3 is 0 Å². The van der Waals surface area contributed by atoms with Crippen LogP contribution in [0.3, 0.4) is 0 Å². The van der Waals surface area contributed by atoms with Gasteiger partial charge in [-0.3, -0.25) is 4.79 Å². The molecule has 0 radical (unpaired) electrons. The average Bonchev–Trinajstić information content (AvgIpc) is 2.49. The van der Waals surface area contributed by atoms with Crippen LogP contribution in [-0.4, -0.2) is 13.0 Å². The number of hydrogen-bond donors (Lipinski definition) is 2. The van der Waals surface area contributed by atoms with E-state index in [1.165, 1.54) is 0 Å². The van der Waals surface area contributed by atoms with Crippen molar-refractivity contribution in [1.29, 1.82) is 5.26 Å². The average molecular weight is 281 g/mol. The van der Waals surface area contributed by atoms with E-state index in [-0.39, 0.29) is 5.56 Å². The van der Waals surface area contributed by atoms with Crippen LogP contribution in [0.4, 0.5) is 0 Å². The van der Waals surface area contributed by atoms with Crippen LogP contribution >= 0.6 is 0 Å². The first-order chi connectivity index (χ1) is 10.2. The maximum Gasteiger partial charge on any atom is 0.252 e. The lowest BCUT2D eigenvalue weighted by Gasteiger charge is -2.11. The molecule has 0 unspecified atom stereocenters. The van der Waals surface area contributed by atoms with Crippen molar-refractivity contribution in [3.8, 4) is 17.6 Å². The highest BCUT2D eigenvalue weighted by molar-refractivity contribution is 5.95. The van der Waals surface area contributed by atoms with Gasteiger partial charge in [-0.05, 0) is 36.9 Å². The molecule has 106 valence electrons. The number of nitrogens with zero attached hydrogens (tertiary/aromatic N) is 1. The molecular formula is C16H15N3O2. The Bertz CT molecular complexity index is 705. The van der Waals surface area contributed by atoms with Gasteiger partial charge in [-0.1, -0.05) is 18.2 Å². The van der Waals surface area contributed by atoms with Crippen LogP contribution in [0.15, 0.2) is 42.5 Å². The maximum absolute atomic E-state index is 11.4. The summed E-state index contributed by atoms with van der Waals surface area (Å²) in [5.74, 6) is 0.157. The fourth-order valence-electron chi connectivity index (χ4n) is 1.95. The summed E-state index contributed by atoms with van der Waals surface area (Å²) in [6.45, 7) is 0.660. The van der Waals surface area contributed by atoms with Crippen LogP contribution in [0.25, 0.3) is 0 Å². The van der Waals surface area contributed by atoms with Crippen LogP contribution in [0.1, 0.15) is 21.5 Å². The topological polar surface area (TPSA) is 88.1 Å². The summed E-state index contributed by atoms with van der Waals surface area (Å²) in [7, 11) is 1.83. The lowest BCUT2D eigenvalue weighted by molar-refractivity contribution is 0.0998. The normalized spacial score (nSPS) is 9.90. The van der Waals surface area contributed by atoms with E-state index in [2.05, 4.69) is 11.4 Å². The number of para-hydroxylation sites is 1. The van der Waals surface area contributed by atoms with Gasteiger partial charge in [0.25, 0.3) is 5.91 Å². The van der Waals surface area contributed by atoms with Crippen molar-refractivity contribution in [3.63, 3.8) is 0 Å². The van der Waals surface area contributed by atoms with Gasteiger partial charge in [0.05, 0.1) is 11.1 Å². The number of carbonyl (C=O) groups is 1. The number of nitriles is 1. The van der Waals surface area contributed by atoms with Gasteiger partial charge in [0, 0.05) is 6.54 Å². The number of nitrogens with two attached hydrogens (primary N) is 1. The lowest BCUT2D eigenvalue weighted by Crippen LogP contribution is -2.12. The summed E-state index contributed by atoms with van der Waals surface area (Å²) in [4.78, 5) is 11.4. The molecule has 0 aliphatic rings. The van der Waals surface area contributed by atoms with Crippen molar-refractivity contribution in [1.82, 2.24) is 5.32 Å². The summed E-state index contributed by atoms with van der Waals surface area (Å²) in [6.07, 6.45) is 0. The van der Waals surface area contributed by atoms with Crippen molar-refractivity contribution in [3.05, 3.63) is 59.2 Å². The third-order valence-electron chi connectivity index (χ3n) is 2.92. The van der Waals surface area contributed by atoms with Crippen LogP contribution < -0.4 is 15.8 Å². The molecule has 0 heterocycles. The Morgan fingerprint density at radius 1 is 1.29 bits per heavy atom. The first kappa shape index (κ1) is 14.6. The monoisotopic (exact) mass is 281 g/mol. The van der Waals surface area contributed by atoms with Crippen molar-refractivity contribution in [2.75, 3.05) is 7.05 Å². The fraction of sp³-hybridized carbons (Fsp3) is 0.125. The maximum atomic E-state index is 11.4. The number of amides is 1. The third kappa shape index (κ3) is 3.38. The highest BCUT2D eigenvalue weighted by Gasteiger charge is 2.12. The zero-order valence-electron chi connectivity index (χ0n) is 11.6. The predicted molar refractivity (Wildman–Crippen MR) is 79.0 cm³/mol. The van der Waals surface area contributed by atoms with Gasteiger partial charge in [-0.25, -0.2) is 0 Å². The van der Waals surface area contributed by atoms with Crippen molar-refractivity contribution in [2.24, 2.45) is 5.73 Å². The van der Waals surface area contributed by atoms with Crippen molar-refractivity contribution in [2.45, 2.75) is 6.54 Å². The molecule has 0 saturated heterocycles. The highest BCUT2D eigenvalue weighted by atomic mass is 16.5. The minimum absolute atomic E-state index is 0.278. The summed E-state index contributed by atoms with van der Waals surface area (Å²) in [5.41, 5.74) is 6.97. The smallest absolute Gasteiger partial charge is 0.252 e. The van der Waals surface area contributed by atoms with E-state index >= 15 is 0 Å². The second-order valence-electron chi connectivity index (χ2n) is 4.44. The molecule has 3 N–H and O–H groups in total. The van der Waals surface area contributed by atoms with Gasteiger partial charge in [-0.15, -0.1) is 0 Å². The van der Waals surface area contributed by atoms with E-state index in [9.17, 15) is 10.1 Å². The summed E-state index contributed by atoms with van der Waals surface area (Å²) < 4.78 is 5.68. The van der Waals surface area contributed by atoms with Crippen molar-refractivity contribution >= 4 is 5.91 Å². The lowest BCUT2D eigenvalue weighted by atomic mass is 10.1. The van der Waals surface area contributed by atoms with Crippen LogP contribution in [0.5, 0.6) is 11.5 Å². The quantitative estimate of drug-likeness (QED) is 0.879. The van der Waals surface area contributed by atoms with E-state index in [1.54, 1.807) is 36.4 Å². The molecule has 1 amide bonds. The summed E-state index contributed by atoms with van der Waals surface area (Å²) >= 11 is 0. The number of nitrogens with one attached hydrogen (secondary N) is 1. The Morgan fingerprint density at radius 2 is 2.05 bits per heavy atom. The zero-order valence-corrected chi connectivity index (χ0v) is 11.6. The third-order valence-corrected chi connectivity index (χ3v) is 2.92. The van der Waals surface area contributed by atoms with Gasteiger partial charge in [0.1, 0.15) is 17.6 Å².